The third kappa shape index (κ3) is 4.38. The summed E-state index contributed by atoms with van der Waals surface area (Å²) in [5.74, 6) is -0.0752. The van der Waals surface area contributed by atoms with Crippen LogP contribution in [0, 0.1) is 5.41 Å². The summed E-state index contributed by atoms with van der Waals surface area (Å²) in [7, 11) is 0. The van der Waals surface area contributed by atoms with Crippen LogP contribution in [0.4, 0.5) is 14.5 Å². The lowest BCUT2D eigenvalue weighted by molar-refractivity contribution is -0.123. The minimum Gasteiger partial charge on any atom is -0.435 e. The normalized spacial score (nSPS) is 11.4. The maximum atomic E-state index is 11.9. The van der Waals surface area contributed by atoms with Crippen LogP contribution in [0.2, 0.25) is 0 Å². The van der Waals surface area contributed by atoms with Crippen LogP contribution in [0.15, 0.2) is 24.3 Å². The first kappa shape index (κ1) is 13.4. The summed E-state index contributed by atoms with van der Waals surface area (Å²) in [5, 5.41) is 2.68. The Labute approximate surface area is 98.8 Å². The van der Waals surface area contributed by atoms with E-state index in [1.807, 2.05) is 0 Å². The van der Waals surface area contributed by atoms with Crippen LogP contribution < -0.4 is 10.1 Å². The molecule has 0 aliphatic carbocycles. The summed E-state index contributed by atoms with van der Waals surface area (Å²) in [4.78, 5) is 11.6. The molecule has 17 heavy (non-hydrogen) atoms. The Morgan fingerprint density at radius 3 is 2.18 bits per heavy atom. The molecule has 5 heteroatoms. The molecule has 0 atom stereocenters. The third-order valence-corrected chi connectivity index (χ3v) is 2.02. The van der Waals surface area contributed by atoms with Crippen molar-refractivity contribution in [1.82, 2.24) is 0 Å². The van der Waals surface area contributed by atoms with Crippen LogP contribution in [0.3, 0.4) is 0 Å². The molecular formula is C12H15F2NO2. The molecule has 0 unspecified atom stereocenters. The summed E-state index contributed by atoms with van der Waals surface area (Å²) in [6.07, 6.45) is 0. The van der Waals surface area contributed by atoms with Crippen molar-refractivity contribution in [3.05, 3.63) is 24.3 Å². The zero-order valence-electron chi connectivity index (χ0n) is 9.96. The first-order valence-electron chi connectivity index (χ1n) is 5.15. The van der Waals surface area contributed by atoms with Gasteiger partial charge in [0.25, 0.3) is 0 Å². The molecular weight excluding hydrogens is 228 g/mol. The second-order valence-corrected chi connectivity index (χ2v) is 4.61. The van der Waals surface area contributed by atoms with Gasteiger partial charge in [-0.3, -0.25) is 4.79 Å². The highest BCUT2D eigenvalue weighted by molar-refractivity contribution is 5.94. The van der Waals surface area contributed by atoms with Crippen molar-refractivity contribution in [3.63, 3.8) is 0 Å². The first-order chi connectivity index (χ1) is 7.79. The average Bonchev–Trinajstić information content (AvgIpc) is 2.18. The van der Waals surface area contributed by atoms with Gasteiger partial charge in [-0.1, -0.05) is 20.8 Å². The van der Waals surface area contributed by atoms with E-state index in [1.54, 1.807) is 20.8 Å². The maximum Gasteiger partial charge on any atom is 0.387 e. The highest BCUT2D eigenvalue weighted by atomic mass is 19.3. The van der Waals surface area contributed by atoms with E-state index in [1.165, 1.54) is 24.3 Å². The molecule has 0 saturated carbocycles. The Morgan fingerprint density at radius 1 is 1.24 bits per heavy atom. The van der Waals surface area contributed by atoms with Gasteiger partial charge in [0.05, 0.1) is 0 Å². The lowest BCUT2D eigenvalue weighted by Gasteiger charge is -2.17. The van der Waals surface area contributed by atoms with Crippen LogP contribution in [0.1, 0.15) is 20.8 Å². The molecule has 0 aromatic heterocycles. The van der Waals surface area contributed by atoms with Crippen LogP contribution in [-0.2, 0) is 4.79 Å². The number of benzene rings is 1. The summed E-state index contributed by atoms with van der Waals surface area (Å²) in [6, 6.07) is 5.79. The molecule has 0 bridgehead atoms. The van der Waals surface area contributed by atoms with E-state index < -0.39 is 12.0 Å². The number of hydrogen-bond acceptors (Lipinski definition) is 2. The number of carbonyl (C=O) groups is 1. The fourth-order valence-electron chi connectivity index (χ4n) is 1.04. The number of rotatable bonds is 3. The highest BCUT2D eigenvalue weighted by Crippen LogP contribution is 2.20. The number of alkyl halides is 2. The molecule has 0 spiro atoms. The number of anilines is 1. The molecule has 0 fully saturated rings. The molecule has 0 aliphatic heterocycles. The minimum atomic E-state index is -2.84. The molecule has 0 heterocycles. The molecule has 1 aromatic carbocycles. The van der Waals surface area contributed by atoms with E-state index in [0.29, 0.717) is 5.69 Å². The topological polar surface area (TPSA) is 38.3 Å². The molecule has 0 aliphatic rings. The Kier molecular flexibility index (Phi) is 4.04. The Bertz CT molecular complexity index is 382. The summed E-state index contributed by atoms with van der Waals surface area (Å²) < 4.78 is 28.0. The van der Waals surface area contributed by atoms with Gasteiger partial charge in [0.1, 0.15) is 5.75 Å². The molecule has 0 radical (unpaired) electrons. The van der Waals surface area contributed by atoms with Crippen molar-refractivity contribution in [2.45, 2.75) is 27.4 Å². The second kappa shape index (κ2) is 5.12. The summed E-state index contributed by atoms with van der Waals surface area (Å²) in [5.41, 5.74) is 0.0459. The SMILES string of the molecule is CC(C)(C)C(=O)Nc1ccc(OC(F)F)cc1. The van der Waals surface area contributed by atoms with E-state index in [0.717, 1.165) is 0 Å². The van der Waals surface area contributed by atoms with Gasteiger partial charge >= 0.3 is 6.61 Å². The average molecular weight is 243 g/mol. The van der Waals surface area contributed by atoms with Crippen molar-refractivity contribution in [2.24, 2.45) is 5.41 Å². The van der Waals surface area contributed by atoms with E-state index >= 15 is 0 Å². The Morgan fingerprint density at radius 2 is 1.76 bits per heavy atom. The van der Waals surface area contributed by atoms with Crippen LogP contribution >= 0.6 is 0 Å². The number of ether oxygens (including phenoxy) is 1. The molecule has 3 nitrogen and oxygen atoms in total. The van der Waals surface area contributed by atoms with Gasteiger partial charge in [0.2, 0.25) is 5.91 Å². The molecule has 1 N–H and O–H groups in total. The third-order valence-electron chi connectivity index (χ3n) is 2.02. The van der Waals surface area contributed by atoms with E-state index in [4.69, 9.17) is 0 Å². The van der Waals surface area contributed by atoms with Gasteiger partial charge in [-0.15, -0.1) is 0 Å². The first-order valence-corrected chi connectivity index (χ1v) is 5.15. The van der Waals surface area contributed by atoms with Gasteiger partial charge in [-0.2, -0.15) is 8.78 Å². The minimum absolute atomic E-state index is 0.0637. The molecule has 1 amide bonds. The lowest BCUT2D eigenvalue weighted by atomic mass is 9.95. The van der Waals surface area contributed by atoms with E-state index in [-0.39, 0.29) is 11.7 Å². The summed E-state index contributed by atoms with van der Waals surface area (Å²) in [6.45, 7) is 2.52. The monoisotopic (exact) mass is 243 g/mol. The standard InChI is InChI=1S/C12H15F2NO2/c1-12(2,3)10(16)15-8-4-6-9(7-5-8)17-11(13)14/h4-7,11H,1-3H3,(H,15,16). The number of halogens is 2. The van der Waals surface area contributed by atoms with Crippen molar-refractivity contribution in [3.8, 4) is 5.75 Å². The molecule has 1 rings (SSSR count). The number of nitrogens with one attached hydrogen (secondary N) is 1. The highest BCUT2D eigenvalue weighted by Gasteiger charge is 2.21. The van der Waals surface area contributed by atoms with Crippen LogP contribution in [0.25, 0.3) is 0 Å². The quantitative estimate of drug-likeness (QED) is 0.884. The zero-order valence-corrected chi connectivity index (χ0v) is 9.96. The summed E-state index contributed by atoms with van der Waals surface area (Å²) >= 11 is 0. The van der Waals surface area contributed by atoms with Gasteiger partial charge < -0.3 is 10.1 Å². The Balaban J connectivity index is 2.66. The van der Waals surface area contributed by atoms with Gasteiger partial charge in [0.15, 0.2) is 0 Å². The number of amides is 1. The predicted octanol–water partition coefficient (Wildman–Crippen LogP) is 3.27. The van der Waals surface area contributed by atoms with E-state index in [2.05, 4.69) is 10.1 Å². The lowest BCUT2D eigenvalue weighted by Crippen LogP contribution is -2.27. The smallest absolute Gasteiger partial charge is 0.387 e. The Hall–Kier alpha value is -1.65. The van der Waals surface area contributed by atoms with Crippen molar-refractivity contribution < 1.29 is 18.3 Å². The number of hydrogen-bond donors (Lipinski definition) is 1. The zero-order chi connectivity index (χ0) is 13.1. The number of carbonyl (C=O) groups excluding carboxylic acids is 1. The van der Waals surface area contributed by atoms with Crippen LogP contribution in [-0.4, -0.2) is 12.5 Å². The van der Waals surface area contributed by atoms with E-state index in [9.17, 15) is 13.6 Å². The van der Waals surface area contributed by atoms with Crippen LogP contribution in [0.5, 0.6) is 5.75 Å². The molecule has 0 saturated heterocycles. The molecule has 94 valence electrons. The fourth-order valence-corrected chi connectivity index (χ4v) is 1.04. The molecule has 1 aromatic rings. The van der Waals surface area contributed by atoms with Crippen molar-refractivity contribution >= 4 is 11.6 Å². The predicted molar refractivity (Wildman–Crippen MR) is 61.2 cm³/mol. The maximum absolute atomic E-state index is 11.9. The van der Waals surface area contributed by atoms with Gasteiger partial charge in [-0.25, -0.2) is 0 Å². The van der Waals surface area contributed by atoms with Gasteiger partial charge in [-0.05, 0) is 24.3 Å². The second-order valence-electron chi connectivity index (χ2n) is 4.61. The largest absolute Gasteiger partial charge is 0.435 e. The fraction of sp³-hybridized carbons (Fsp3) is 0.417. The van der Waals surface area contributed by atoms with Crippen molar-refractivity contribution in [1.29, 1.82) is 0 Å². The van der Waals surface area contributed by atoms with Gasteiger partial charge in [0, 0.05) is 11.1 Å². The van der Waals surface area contributed by atoms with Crippen molar-refractivity contribution in [2.75, 3.05) is 5.32 Å².